The largest absolute Gasteiger partial charge is 0.483 e. The molecule has 0 aliphatic carbocycles. The van der Waals surface area contributed by atoms with Crippen LogP contribution in [0.2, 0.25) is 5.02 Å². The summed E-state index contributed by atoms with van der Waals surface area (Å²) in [4.78, 5) is 28.8. The standard InChI is InChI=1S/C24H29ClN2O3/c1-17-8-9-21(20(14-17)24(2,3)4)30-16-22(28)26-10-12-27(13-11-26)23(29)18-6-5-7-19(25)15-18/h5-9,14-15H,10-13,16H2,1-4H3. The molecule has 2 aromatic rings. The van der Waals surface area contributed by atoms with Crippen molar-refractivity contribution in [2.45, 2.75) is 33.1 Å². The highest BCUT2D eigenvalue weighted by Gasteiger charge is 2.26. The Hall–Kier alpha value is -2.53. The van der Waals surface area contributed by atoms with Crippen molar-refractivity contribution in [3.8, 4) is 5.75 Å². The number of benzene rings is 2. The van der Waals surface area contributed by atoms with Gasteiger partial charge in [0.1, 0.15) is 5.75 Å². The fraction of sp³-hybridized carbons (Fsp3) is 0.417. The second kappa shape index (κ2) is 9.09. The number of aryl methyl sites for hydroxylation is 1. The van der Waals surface area contributed by atoms with E-state index in [0.29, 0.717) is 36.8 Å². The average molecular weight is 429 g/mol. The molecule has 2 aromatic carbocycles. The van der Waals surface area contributed by atoms with Crippen LogP contribution in [0.15, 0.2) is 42.5 Å². The second-order valence-electron chi connectivity index (χ2n) is 8.72. The molecule has 1 aliphatic rings. The summed E-state index contributed by atoms with van der Waals surface area (Å²) in [6, 6.07) is 13.0. The molecule has 0 atom stereocenters. The maximum absolute atomic E-state index is 12.7. The van der Waals surface area contributed by atoms with Gasteiger partial charge in [-0.25, -0.2) is 0 Å². The van der Waals surface area contributed by atoms with Crippen molar-refractivity contribution in [3.63, 3.8) is 0 Å². The summed E-state index contributed by atoms with van der Waals surface area (Å²) >= 11 is 5.99. The first-order valence-corrected chi connectivity index (χ1v) is 10.6. The van der Waals surface area contributed by atoms with E-state index in [-0.39, 0.29) is 23.8 Å². The topological polar surface area (TPSA) is 49.9 Å². The average Bonchev–Trinajstić information content (AvgIpc) is 2.71. The molecule has 0 saturated carbocycles. The van der Waals surface area contributed by atoms with E-state index in [2.05, 4.69) is 26.8 Å². The second-order valence-corrected chi connectivity index (χ2v) is 9.16. The molecule has 160 valence electrons. The summed E-state index contributed by atoms with van der Waals surface area (Å²) in [5, 5.41) is 0.539. The number of nitrogens with zero attached hydrogens (tertiary/aromatic N) is 2. The van der Waals surface area contributed by atoms with E-state index < -0.39 is 0 Å². The number of carbonyl (C=O) groups excluding carboxylic acids is 2. The SMILES string of the molecule is Cc1ccc(OCC(=O)N2CCN(C(=O)c3cccc(Cl)c3)CC2)c(C(C)(C)C)c1. The molecule has 0 radical (unpaired) electrons. The molecule has 3 rings (SSSR count). The van der Waals surface area contributed by atoms with Crippen molar-refractivity contribution in [1.82, 2.24) is 9.80 Å². The van der Waals surface area contributed by atoms with Crippen LogP contribution in [0.5, 0.6) is 5.75 Å². The maximum atomic E-state index is 12.7. The van der Waals surface area contributed by atoms with Crippen LogP contribution >= 0.6 is 11.6 Å². The van der Waals surface area contributed by atoms with Crippen molar-refractivity contribution >= 4 is 23.4 Å². The van der Waals surface area contributed by atoms with E-state index in [1.165, 1.54) is 5.56 Å². The highest BCUT2D eigenvalue weighted by atomic mass is 35.5. The first-order chi connectivity index (χ1) is 14.1. The van der Waals surface area contributed by atoms with Crippen LogP contribution in [0.25, 0.3) is 0 Å². The Balaban J connectivity index is 1.56. The lowest BCUT2D eigenvalue weighted by Crippen LogP contribution is -2.51. The first-order valence-electron chi connectivity index (χ1n) is 10.2. The molecule has 1 heterocycles. The Morgan fingerprint density at radius 1 is 1.00 bits per heavy atom. The Bertz CT molecular complexity index is 928. The molecule has 0 unspecified atom stereocenters. The minimum atomic E-state index is -0.0727. The minimum absolute atomic E-state index is 0.00557. The first kappa shape index (κ1) is 22.2. The molecule has 6 heteroatoms. The zero-order valence-corrected chi connectivity index (χ0v) is 18.8. The number of hydrogen-bond acceptors (Lipinski definition) is 3. The maximum Gasteiger partial charge on any atom is 0.260 e. The van der Waals surface area contributed by atoms with Gasteiger partial charge in [-0.1, -0.05) is 56.1 Å². The Labute approximate surface area is 183 Å². The van der Waals surface area contributed by atoms with Gasteiger partial charge in [-0.05, 0) is 42.2 Å². The smallest absolute Gasteiger partial charge is 0.260 e. The van der Waals surface area contributed by atoms with E-state index in [1.54, 1.807) is 34.1 Å². The van der Waals surface area contributed by atoms with Crippen LogP contribution in [-0.4, -0.2) is 54.4 Å². The molecule has 1 fully saturated rings. The van der Waals surface area contributed by atoms with Gasteiger partial charge < -0.3 is 14.5 Å². The molecule has 5 nitrogen and oxygen atoms in total. The van der Waals surface area contributed by atoms with Gasteiger partial charge in [0.25, 0.3) is 11.8 Å². The van der Waals surface area contributed by atoms with Gasteiger partial charge in [-0.3, -0.25) is 9.59 Å². The molecule has 1 aliphatic heterocycles. The number of carbonyl (C=O) groups is 2. The van der Waals surface area contributed by atoms with Crippen molar-refractivity contribution in [1.29, 1.82) is 0 Å². The highest BCUT2D eigenvalue weighted by Crippen LogP contribution is 2.32. The molecular formula is C24H29ClN2O3. The van der Waals surface area contributed by atoms with Crippen molar-refractivity contribution < 1.29 is 14.3 Å². The van der Waals surface area contributed by atoms with Crippen LogP contribution in [0.1, 0.15) is 42.3 Å². The van der Waals surface area contributed by atoms with Gasteiger partial charge >= 0.3 is 0 Å². The number of halogens is 1. The third-order valence-electron chi connectivity index (χ3n) is 5.29. The van der Waals surface area contributed by atoms with Gasteiger partial charge in [0.2, 0.25) is 0 Å². The van der Waals surface area contributed by atoms with Crippen LogP contribution < -0.4 is 4.74 Å². The van der Waals surface area contributed by atoms with Gasteiger partial charge in [-0.2, -0.15) is 0 Å². The van der Waals surface area contributed by atoms with Crippen LogP contribution in [0.3, 0.4) is 0 Å². The van der Waals surface area contributed by atoms with Gasteiger partial charge in [0.05, 0.1) is 0 Å². The summed E-state index contributed by atoms with van der Waals surface area (Å²) in [6.07, 6.45) is 0. The van der Waals surface area contributed by atoms with Crippen LogP contribution in [-0.2, 0) is 10.2 Å². The zero-order chi connectivity index (χ0) is 21.9. The van der Waals surface area contributed by atoms with Crippen molar-refractivity contribution in [2.75, 3.05) is 32.8 Å². The van der Waals surface area contributed by atoms with Crippen LogP contribution in [0, 0.1) is 6.92 Å². The lowest BCUT2D eigenvalue weighted by atomic mass is 9.85. The van der Waals surface area contributed by atoms with Crippen LogP contribution in [0.4, 0.5) is 0 Å². The molecule has 1 saturated heterocycles. The van der Waals surface area contributed by atoms with Gasteiger partial charge in [-0.15, -0.1) is 0 Å². The third kappa shape index (κ3) is 5.33. The predicted octanol–water partition coefficient (Wildman–Crippen LogP) is 4.31. The monoisotopic (exact) mass is 428 g/mol. The summed E-state index contributed by atoms with van der Waals surface area (Å²) in [5.74, 6) is 0.622. The number of ether oxygens (including phenoxy) is 1. The normalized spacial score (nSPS) is 14.6. The minimum Gasteiger partial charge on any atom is -0.483 e. The fourth-order valence-electron chi connectivity index (χ4n) is 3.55. The number of piperazine rings is 1. The summed E-state index contributed by atoms with van der Waals surface area (Å²) in [6.45, 7) is 10.4. The Morgan fingerprint density at radius 3 is 2.30 bits per heavy atom. The molecule has 0 aromatic heterocycles. The highest BCUT2D eigenvalue weighted by molar-refractivity contribution is 6.30. The molecule has 30 heavy (non-hydrogen) atoms. The van der Waals surface area contributed by atoms with Gasteiger partial charge in [0.15, 0.2) is 6.61 Å². The number of hydrogen-bond donors (Lipinski definition) is 0. The summed E-state index contributed by atoms with van der Waals surface area (Å²) in [5.41, 5.74) is 2.75. The van der Waals surface area contributed by atoms with Gasteiger partial charge in [0, 0.05) is 36.8 Å². The zero-order valence-electron chi connectivity index (χ0n) is 18.1. The predicted molar refractivity (Wildman–Crippen MR) is 119 cm³/mol. The quantitative estimate of drug-likeness (QED) is 0.729. The Kier molecular flexibility index (Phi) is 6.71. The summed E-state index contributed by atoms with van der Waals surface area (Å²) in [7, 11) is 0. The van der Waals surface area contributed by atoms with E-state index in [1.807, 2.05) is 19.1 Å². The fourth-order valence-corrected chi connectivity index (χ4v) is 3.74. The molecular weight excluding hydrogens is 400 g/mol. The van der Waals surface area contributed by atoms with Crippen molar-refractivity contribution in [2.24, 2.45) is 0 Å². The van der Waals surface area contributed by atoms with E-state index in [9.17, 15) is 9.59 Å². The molecule has 0 bridgehead atoms. The lowest BCUT2D eigenvalue weighted by Gasteiger charge is -2.35. The molecule has 2 amide bonds. The van der Waals surface area contributed by atoms with E-state index in [4.69, 9.17) is 16.3 Å². The van der Waals surface area contributed by atoms with E-state index >= 15 is 0 Å². The summed E-state index contributed by atoms with van der Waals surface area (Å²) < 4.78 is 5.90. The number of rotatable bonds is 4. The Morgan fingerprint density at radius 2 is 1.67 bits per heavy atom. The molecule has 0 spiro atoms. The molecule has 0 N–H and O–H groups in total. The third-order valence-corrected chi connectivity index (χ3v) is 5.52. The van der Waals surface area contributed by atoms with Crippen molar-refractivity contribution in [3.05, 3.63) is 64.2 Å². The lowest BCUT2D eigenvalue weighted by molar-refractivity contribution is -0.134. The van der Waals surface area contributed by atoms with E-state index in [0.717, 1.165) is 11.3 Å². The number of amides is 2.